The Morgan fingerprint density at radius 2 is 2.40 bits per heavy atom. The molecule has 0 fully saturated rings. The first-order valence-electron chi connectivity index (χ1n) is 5.87. The van der Waals surface area contributed by atoms with Gasteiger partial charge in [-0.1, -0.05) is 0 Å². The monoisotopic (exact) mass is 272 g/mol. The number of rotatable bonds is 5. The van der Waals surface area contributed by atoms with Crippen LogP contribution in [0.4, 0.5) is 11.5 Å². The third-order valence-corrected chi connectivity index (χ3v) is 2.80. The summed E-state index contributed by atoms with van der Waals surface area (Å²) in [6.07, 6.45) is 3.55. The lowest BCUT2D eigenvalue weighted by molar-refractivity contribution is -0.385. The van der Waals surface area contributed by atoms with Crippen molar-refractivity contribution in [3.8, 4) is 6.07 Å². The molecule has 102 valence electrons. The second kappa shape index (κ2) is 5.79. The van der Waals surface area contributed by atoms with Gasteiger partial charge in [0.2, 0.25) is 0 Å². The zero-order chi connectivity index (χ0) is 14.5. The minimum Gasteiger partial charge on any atom is -0.369 e. The van der Waals surface area contributed by atoms with Crippen LogP contribution in [0.1, 0.15) is 11.3 Å². The largest absolute Gasteiger partial charge is 0.369 e. The second-order valence-corrected chi connectivity index (χ2v) is 4.08. The Kier molecular flexibility index (Phi) is 3.91. The number of hydrogen-bond acceptors (Lipinski definition) is 6. The van der Waals surface area contributed by atoms with E-state index in [2.05, 4.69) is 15.4 Å². The molecule has 20 heavy (non-hydrogen) atoms. The maximum Gasteiger partial charge on any atom is 0.289 e. The SMILES string of the molecule is Cn1nccc1CCNc1ncc([N+](=O)[O-])cc1C#N. The van der Waals surface area contributed by atoms with E-state index in [9.17, 15) is 10.1 Å². The van der Waals surface area contributed by atoms with Crippen molar-refractivity contribution in [3.63, 3.8) is 0 Å². The quantitative estimate of drug-likeness (QED) is 0.648. The van der Waals surface area contributed by atoms with E-state index in [0.717, 1.165) is 11.9 Å². The number of nitrogens with one attached hydrogen (secondary N) is 1. The lowest BCUT2D eigenvalue weighted by atomic mass is 10.2. The van der Waals surface area contributed by atoms with Gasteiger partial charge in [-0.15, -0.1) is 0 Å². The van der Waals surface area contributed by atoms with Crippen LogP contribution in [0, 0.1) is 21.4 Å². The lowest BCUT2D eigenvalue weighted by Crippen LogP contribution is -2.10. The Labute approximate surface area is 114 Å². The molecule has 2 heterocycles. The van der Waals surface area contributed by atoms with Crippen LogP contribution >= 0.6 is 0 Å². The maximum absolute atomic E-state index is 10.6. The van der Waals surface area contributed by atoms with Gasteiger partial charge >= 0.3 is 0 Å². The van der Waals surface area contributed by atoms with E-state index in [1.165, 1.54) is 6.07 Å². The van der Waals surface area contributed by atoms with Crippen LogP contribution in [0.5, 0.6) is 0 Å². The number of anilines is 1. The molecule has 0 aliphatic rings. The highest BCUT2D eigenvalue weighted by Gasteiger charge is 2.11. The molecule has 1 N–H and O–H groups in total. The van der Waals surface area contributed by atoms with Gasteiger partial charge in [0.05, 0.1) is 4.92 Å². The summed E-state index contributed by atoms with van der Waals surface area (Å²) in [7, 11) is 1.85. The van der Waals surface area contributed by atoms with E-state index in [4.69, 9.17) is 5.26 Å². The number of nitriles is 1. The zero-order valence-electron chi connectivity index (χ0n) is 10.8. The number of nitrogens with zero attached hydrogens (tertiary/aromatic N) is 5. The second-order valence-electron chi connectivity index (χ2n) is 4.08. The molecule has 0 atom stereocenters. The fraction of sp³-hybridized carbons (Fsp3) is 0.250. The molecule has 0 amide bonds. The molecule has 0 aromatic carbocycles. The van der Waals surface area contributed by atoms with Crippen LogP contribution in [0.15, 0.2) is 24.5 Å². The molecular formula is C12H12N6O2. The zero-order valence-corrected chi connectivity index (χ0v) is 10.8. The highest BCUT2D eigenvalue weighted by molar-refractivity contribution is 5.55. The number of pyridine rings is 1. The van der Waals surface area contributed by atoms with E-state index in [-0.39, 0.29) is 11.3 Å². The Balaban J connectivity index is 2.05. The van der Waals surface area contributed by atoms with Crippen LogP contribution in [0.3, 0.4) is 0 Å². The molecule has 2 aromatic rings. The fourth-order valence-corrected chi connectivity index (χ4v) is 1.74. The predicted molar refractivity (Wildman–Crippen MR) is 71.0 cm³/mol. The summed E-state index contributed by atoms with van der Waals surface area (Å²) in [5.74, 6) is 0.347. The summed E-state index contributed by atoms with van der Waals surface area (Å²) in [4.78, 5) is 14.0. The minimum absolute atomic E-state index is 0.157. The van der Waals surface area contributed by atoms with Gasteiger partial charge in [-0.3, -0.25) is 14.8 Å². The summed E-state index contributed by atoms with van der Waals surface area (Å²) in [5, 5.41) is 26.7. The standard InChI is InChI=1S/C12H12N6O2/c1-17-10(3-5-16-17)2-4-14-12-9(7-13)6-11(8-15-12)18(19)20/h3,5-6,8H,2,4H2,1H3,(H,14,15). The van der Waals surface area contributed by atoms with Gasteiger partial charge in [0.25, 0.3) is 5.69 Å². The van der Waals surface area contributed by atoms with Gasteiger partial charge in [0, 0.05) is 38.0 Å². The first-order valence-corrected chi connectivity index (χ1v) is 5.87. The lowest BCUT2D eigenvalue weighted by Gasteiger charge is -2.07. The summed E-state index contributed by atoms with van der Waals surface area (Å²) >= 11 is 0. The van der Waals surface area contributed by atoms with Crippen LogP contribution in [-0.4, -0.2) is 26.2 Å². The third-order valence-electron chi connectivity index (χ3n) is 2.80. The molecule has 0 saturated heterocycles. The van der Waals surface area contributed by atoms with Crippen molar-refractivity contribution in [2.75, 3.05) is 11.9 Å². The van der Waals surface area contributed by atoms with E-state index >= 15 is 0 Å². The van der Waals surface area contributed by atoms with E-state index < -0.39 is 4.92 Å². The molecule has 2 rings (SSSR count). The predicted octanol–water partition coefficient (Wildman–Crippen LogP) is 1.25. The van der Waals surface area contributed by atoms with E-state index in [1.807, 2.05) is 19.2 Å². The van der Waals surface area contributed by atoms with Gasteiger partial charge in [0.15, 0.2) is 0 Å². The number of nitro groups is 1. The maximum atomic E-state index is 10.6. The molecule has 0 radical (unpaired) electrons. The Morgan fingerprint density at radius 1 is 1.60 bits per heavy atom. The molecule has 8 nitrogen and oxygen atoms in total. The topological polar surface area (TPSA) is 110 Å². The molecule has 0 saturated carbocycles. The van der Waals surface area contributed by atoms with Crippen molar-refractivity contribution >= 4 is 11.5 Å². The van der Waals surface area contributed by atoms with Gasteiger partial charge in [-0.25, -0.2) is 4.98 Å². The molecule has 0 aliphatic heterocycles. The van der Waals surface area contributed by atoms with Crippen LogP contribution in [0.25, 0.3) is 0 Å². The van der Waals surface area contributed by atoms with E-state index in [1.54, 1.807) is 10.9 Å². The number of aryl methyl sites for hydroxylation is 1. The molecule has 0 bridgehead atoms. The fourth-order valence-electron chi connectivity index (χ4n) is 1.74. The van der Waals surface area contributed by atoms with Crippen molar-refractivity contribution in [2.45, 2.75) is 6.42 Å². The summed E-state index contributed by atoms with van der Waals surface area (Å²) in [6, 6.07) is 5.01. The van der Waals surface area contributed by atoms with Gasteiger partial charge in [-0.05, 0) is 6.07 Å². The Bertz CT molecular complexity index is 673. The Hall–Kier alpha value is -2.95. The van der Waals surface area contributed by atoms with Crippen LogP contribution in [0.2, 0.25) is 0 Å². The van der Waals surface area contributed by atoms with Crippen molar-refractivity contribution in [3.05, 3.63) is 45.9 Å². The molecule has 8 heteroatoms. The third kappa shape index (κ3) is 2.89. The van der Waals surface area contributed by atoms with E-state index in [0.29, 0.717) is 18.8 Å². The molecule has 0 spiro atoms. The average molecular weight is 272 g/mol. The Morgan fingerprint density at radius 3 is 3.00 bits per heavy atom. The summed E-state index contributed by atoms with van der Waals surface area (Å²) < 4.78 is 1.76. The highest BCUT2D eigenvalue weighted by Crippen LogP contribution is 2.18. The average Bonchev–Trinajstić information content (AvgIpc) is 2.84. The van der Waals surface area contributed by atoms with Gasteiger partial charge in [-0.2, -0.15) is 10.4 Å². The first-order chi connectivity index (χ1) is 9.61. The van der Waals surface area contributed by atoms with Crippen molar-refractivity contribution in [1.82, 2.24) is 14.8 Å². The summed E-state index contributed by atoms with van der Waals surface area (Å²) in [5.41, 5.74) is 1.00. The smallest absolute Gasteiger partial charge is 0.289 e. The highest BCUT2D eigenvalue weighted by atomic mass is 16.6. The van der Waals surface area contributed by atoms with Crippen LogP contribution < -0.4 is 5.32 Å². The van der Waals surface area contributed by atoms with Crippen molar-refractivity contribution in [1.29, 1.82) is 5.26 Å². The number of aromatic nitrogens is 3. The number of hydrogen-bond donors (Lipinski definition) is 1. The van der Waals surface area contributed by atoms with Crippen molar-refractivity contribution < 1.29 is 4.92 Å². The molecular weight excluding hydrogens is 260 g/mol. The van der Waals surface area contributed by atoms with Gasteiger partial charge < -0.3 is 5.32 Å². The van der Waals surface area contributed by atoms with Gasteiger partial charge in [0.1, 0.15) is 23.6 Å². The van der Waals surface area contributed by atoms with Crippen molar-refractivity contribution in [2.24, 2.45) is 7.05 Å². The normalized spacial score (nSPS) is 10.0. The summed E-state index contributed by atoms with van der Waals surface area (Å²) in [6.45, 7) is 0.555. The molecule has 0 unspecified atom stereocenters. The van der Waals surface area contributed by atoms with Crippen LogP contribution in [-0.2, 0) is 13.5 Å². The first kappa shape index (κ1) is 13.5. The minimum atomic E-state index is -0.576. The molecule has 0 aliphatic carbocycles. The molecule has 2 aromatic heterocycles.